The topological polar surface area (TPSA) is 83.7 Å². The lowest BCUT2D eigenvalue weighted by Crippen LogP contribution is -2.51. The molecule has 1 fully saturated rings. The Hall–Kier alpha value is -2.01. The van der Waals surface area contributed by atoms with E-state index in [0.717, 1.165) is 18.6 Å². The van der Waals surface area contributed by atoms with E-state index in [1.165, 1.54) is 29.2 Å². The average molecular weight is 538 g/mol. The zero-order chi connectivity index (χ0) is 25.3. The van der Waals surface area contributed by atoms with E-state index in [-0.39, 0.29) is 20.4 Å². The van der Waals surface area contributed by atoms with Crippen molar-refractivity contribution in [3.05, 3.63) is 58.1 Å². The molecule has 0 spiro atoms. The molecule has 2 aromatic rings. The second-order valence-corrected chi connectivity index (χ2v) is 11.3. The van der Waals surface area contributed by atoms with Gasteiger partial charge in [-0.3, -0.25) is 9.10 Å². The van der Waals surface area contributed by atoms with E-state index in [2.05, 4.69) is 0 Å². The first kappa shape index (κ1) is 26.6. The van der Waals surface area contributed by atoms with Crippen LogP contribution in [-0.2, 0) is 21.0 Å². The second kappa shape index (κ2) is 9.93. The third kappa shape index (κ3) is 5.79. The SMILES string of the molecule is CC1(CN)CCCN(C(=O)CN(c2cc(C(F)(F)F)ccc2Cl)S(=O)(=O)c2ccc(Cl)cc2)C1. The standard InChI is InChI=1S/C22H24Cl2F3N3O3S/c1-21(13-28)9-2-10-29(14-21)20(31)12-30(34(32,33)17-6-4-16(23)5-7-17)19-11-15(22(25,26)27)3-8-18(19)24/h3-8,11H,2,9-10,12-14,28H2,1H3. The Labute approximate surface area is 206 Å². The van der Waals surface area contributed by atoms with Crippen molar-refractivity contribution in [3.8, 4) is 0 Å². The molecule has 2 N–H and O–H groups in total. The van der Waals surface area contributed by atoms with Crippen LogP contribution in [0.2, 0.25) is 10.0 Å². The molecular weight excluding hydrogens is 514 g/mol. The number of carbonyl (C=O) groups excluding carboxylic acids is 1. The van der Waals surface area contributed by atoms with E-state index in [9.17, 15) is 26.4 Å². The molecule has 0 aliphatic carbocycles. The third-order valence-electron chi connectivity index (χ3n) is 5.85. The predicted octanol–water partition coefficient (Wildman–Crippen LogP) is 4.79. The summed E-state index contributed by atoms with van der Waals surface area (Å²) in [6, 6.07) is 7.42. The summed E-state index contributed by atoms with van der Waals surface area (Å²) >= 11 is 12.0. The van der Waals surface area contributed by atoms with Crippen LogP contribution in [0.1, 0.15) is 25.3 Å². The Morgan fingerprint density at radius 3 is 2.41 bits per heavy atom. The number of alkyl halides is 3. The zero-order valence-electron chi connectivity index (χ0n) is 18.3. The summed E-state index contributed by atoms with van der Waals surface area (Å²) in [6.45, 7) is 2.24. The molecule has 34 heavy (non-hydrogen) atoms. The number of anilines is 1. The molecule has 6 nitrogen and oxygen atoms in total. The lowest BCUT2D eigenvalue weighted by atomic mass is 9.82. The number of hydrogen-bond donors (Lipinski definition) is 1. The molecule has 2 aromatic carbocycles. The smallest absolute Gasteiger partial charge is 0.341 e. The van der Waals surface area contributed by atoms with Crippen molar-refractivity contribution >= 4 is 44.8 Å². The first-order chi connectivity index (χ1) is 15.8. The van der Waals surface area contributed by atoms with Crippen molar-refractivity contribution < 1.29 is 26.4 Å². The molecule has 1 aliphatic heterocycles. The number of piperidine rings is 1. The van der Waals surface area contributed by atoms with Crippen LogP contribution in [0.3, 0.4) is 0 Å². The van der Waals surface area contributed by atoms with Crippen LogP contribution in [0, 0.1) is 5.41 Å². The number of benzene rings is 2. The highest BCUT2D eigenvalue weighted by molar-refractivity contribution is 7.92. The fourth-order valence-electron chi connectivity index (χ4n) is 3.83. The summed E-state index contributed by atoms with van der Waals surface area (Å²) in [6.07, 6.45) is -3.26. The van der Waals surface area contributed by atoms with Gasteiger partial charge >= 0.3 is 6.18 Å². The first-order valence-corrected chi connectivity index (χ1v) is 12.6. The second-order valence-electron chi connectivity index (χ2n) is 8.56. The zero-order valence-corrected chi connectivity index (χ0v) is 20.6. The highest BCUT2D eigenvalue weighted by Crippen LogP contribution is 2.38. The van der Waals surface area contributed by atoms with Crippen molar-refractivity contribution in [2.75, 3.05) is 30.5 Å². The summed E-state index contributed by atoms with van der Waals surface area (Å²) in [5, 5.41) is 0.0249. The van der Waals surface area contributed by atoms with Gasteiger partial charge in [0.2, 0.25) is 5.91 Å². The molecule has 1 saturated heterocycles. The van der Waals surface area contributed by atoms with Gasteiger partial charge in [-0.25, -0.2) is 8.42 Å². The van der Waals surface area contributed by atoms with E-state index >= 15 is 0 Å². The number of amides is 1. The largest absolute Gasteiger partial charge is 0.416 e. The van der Waals surface area contributed by atoms with Gasteiger partial charge in [-0.15, -0.1) is 0 Å². The molecule has 1 atom stereocenters. The fraction of sp³-hybridized carbons (Fsp3) is 0.409. The van der Waals surface area contributed by atoms with Gasteiger partial charge in [0.05, 0.1) is 21.2 Å². The first-order valence-electron chi connectivity index (χ1n) is 10.4. The number of carbonyl (C=O) groups is 1. The monoisotopic (exact) mass is 537 g/mol. The number of nitrogens with zero attached hydrogens (tertiary/aromatic N) is 2. The van der Waals surface area contributed by atoms with Crippen LogP contribution in [0.25, 0.3) is 0 Å². The number of likely N-dealkylation sites (tertiary alicyclic amines) is 1. The van der Waals surface area contributed by atoms with Crippen LogP contribution in [0.15, 0.2) is 47.4 Å². The van der Waals surface area contributed by atoms with Crippen molar-refractivity contribution in [1.29, 1.82) is 0 Å². The molecule has 1 amide bonds. The average Bonchev–Trinajstić information content (AvgIpc) is 2.77. The van der Waals surface area contributed by atoms with Gasteiger partial charge in [0.1, 0.15) is 6.54 Å². The molecule has 3 rings (SSSR count). The van der Waals surface area contributed by atoms with E-state index in [1.54, 1.807) is 0 Å². The van der Waals surface area contributed by atoms with Gasteiger partial charge in [0, 0.05) is 18.1 Å². The minimum atomic E-state index is -4.74. The van der Waals surface area contributed by atoms with E-state index < -0.39 is 39.9 Å². The minimum absolute atomic E-state index is 0.247. The minimum Gasteiger partial charge on any atom is -0.341 e. The van der Waals surface area contributed by atoms with Crippen molar-refractivity contribution in [2.24, 2.45) is 11.1 Å². The number of nitrogens with two attached hydrogens (primary N) is 1. The van der Waals surface area contributed by atoms with E-state index in [0.29, 0.717) is 36.4 Å². The molecule has 0 radical (unpaired) electrons. The van der Waals surface area contributed by atoms with Crippen molar-refractivity contribution in [1.82, 2.24) is 4.90 Å². The van der Waals surface area contributed by atoms with Crippen LogP contribution in [0.4, 0.5) is 18.9 Å². The summed E-state index contributed by atoms with van der Waals surface area (Å²) in [4.78, 5) is 14.4. The maximum absolute atomic E-state index is 13.5. The third-order valence-corrected chi connectivity index (χ3v) is 8.19. The van der Waals surface area contributed by atoms with Gasteiger partial charge in [0.25, 0.3) is 10.0 Å². The normalized spacial score (nSPS) is 19.2. The molecule has 1 unspecified atom stereocenters. The fourth-order valence-corrected chi connectivity index (χ4v) is 5.65. The molecule has 186 valence electrons. The molecule has 1 heterocycles. The maximum atomic E-state index is 13.5. The Bertz CT molecular complexity index is 1160. The summed E-state index contributed by atoms with van der Waals surface area (Å²) in [7, 11) is -4.47. The highest BCUT2D eigenvalue weighted by Gasteiger charge is 2.37. The Morgan fingerprint density at radius 1 is 1.18 bits per heavy atom. The maximum Gasteiger partial charge on any atom is 0.416 e. The Morgan fingerprint density at radius 2 is 1.82 bits per heavy atom. The van der Waals surface area contributed by atoms with E-state index in [4.69, 9.17) is 28.9 Å². The van der Waals surface area contributed by atoms with Gasteiger partial charge in [-0.1, -0.05) is 30.1 Å². The Kier molecular flexibility index (Phi) is 7.76. The van der Waals surface area contributed by atoms with Crippen molar-refractivity contribution in [3.63, 3.8) is 0 Å². The Balaban J connectivity index is 2.06. The number of halogens is 5. The summed E-state index contributed by atoms with van der Waals surface area (Å²) < 4.78 is 67.8. The van der Waals surface area contributed by atoms with Crippen LogP contribution in [0.5, 0.6) is 0 Å². The molecule has 0 saturated carbocycles. The van der Waals surface area contributed by atoms with Gasteiger partial charge in [-0.2, -0.15) is 13.2 Å². The molecule has 0 aromatic heterocycles. The van der Waals surface area contributed by atoms with Crippen LogP contribution in [-0.4, -0.2) is 45.4 Å². The molecule has 1 aliphatic rings. The summed E-state index contributed by atoms with van der Waals surface area (Å²) in [5.74, 6) is -0.564. The van der Waals surface area contributed by atoms with Gasteiger partial charge in [-0.05, 0) is 67.3 Å². The van der Waals surface area contributed by atoms with Crippen molar-refractivity contribution in [2.45, 2.75) is 30.8 Å². The number of hydrogen-bond acceptors (Lipinski definition) is 4. The molecule has 12 heteroatoms. The quantitative estimate of drug-likeness (QED) is 0.573. The summed E-state index contributed by atoms with van der Waals surface area (Å²) in [5.41, 5.74) is 3.98. The number of sulfonamides is 1. The van der Waals surface area contributed by atoms with E-state index in [1.807, 2.05) is 6.92 Å². The van der Waals surface area contributed by atoms with Crippen LogP contribution < -0.4 is 10.0 Å². The lowest BCUT2D eigenvalue weighted by molar-refractivity contribution is -0.137. The van der Waals surface area contributed by atoms with Gasteiger partial charge in [0.15, 0.2) is 0 Å². The highest BCUT2D eigenvalue weighted by atomic mass is 35.5. The van der Waals surface area contributed by atoms with Gasteiger partial charge < -0.3 is 10.6 Å². The molecule has 0 bridgehead atoms. The lowest BCUT2D eigenvalue weighted by Gasteiger charge is -2.40. The van der Waals surface area contributed by atoms with Crippen LogP contribution >= 0.6 is 23.2 Å². The number of rotatable bonds is 6. The predicted molar refractivity (Wildman–Crippen MR) is 125 cm³/mol. The molecular formula is C22H24Cl2F3N3O3S.